The van der Waals surface area contributed by atoms with Crippen molar-refractivity contribution in [3.05, 3.63) is 64.2 Å². The first kappa shape index (κ1) is 12.7. The number of benzene rings is 1. The zero-order valence-electron chi connectivity index (χ0n) is 10.9. The van der Waals surface area contributed by atoms with Crippen molar-refractivity contribution < 1.29 is 4.39 Å². The van der Waals surface area contributed by atoms with Crippen LogP contribution in [0.2, 0.25) is 0 Å². The lowest BCUT2D eigenvalue weighted by atomic mass is 9.93. The third kappa shape index (κ3) is 2.27. The summed E-state index contributed by atoms with van der Waals surface area (Å²) in [5.74, 6) is -0.247. The van der Waals surface area contributed by atoms with Gasteiger partial charge in [-0.25, -0.2) is 4.39 Å². The molecule has 18 heavy (non-hydrogen) atoms. The number of halogens is 1. The summed E-state index contributed by atoms with van der Waals surface area (Å²) in [6.45, 7) is 5.72. The molecule has 1 unspecified atom stereocenters. The van der Waals surface area contributed by atoms with Crippen LogP contribution < -0.4 is 5.73 Å². The van der Waals surface area contributed by atoms with Crippen molar-refractivity contribution in [1.82, 2.24) is 4.98 Å². The summed E-state index contributed by atoms with van der Waals surface area (Å²) >= 11 is 0. The van der Waals surface area contributed by atoms with Gasteiger partial charge in [-0.15, -0.1) is 0 Å². The van der Waals surface area contributed by atoms with Crippen LogP contribution in [0.5, 0.6) is 0 Å². The third-order valence-electron chi connectivity index (χ3n) is 3.21. The Hall–Kier alpha value is -1.74. The molecule has 0 fully saturated rings. The van der Waals surface area contributed by atoms with Gasteiger partial charge in [-0.05, 0) is 55.2 Å². The molecule has 1 heterocycles. The molecule has 0 saturated heterocycles. The molecule has 0 amide bonds. The zero-order valence-corrected chi connectivity index (χ0v) is 10.9. The largest absolute Gasteiger partial charge is 0.320 e. The van der Waals surface area contributed by atoms with Gasteiger partial charge in [0.05, 0.1) is 6.04 Å². The van der Waals surface area contributed by atoms with Crippen LogP contribution in [0.3, 0.4) is 0 Å². The lowest BCUT2D eigenvalue weighted by Crippen LogP contribution is -2.17. The molecule has 2 N–H and O–H groups in total. The smallest absolute Gasteiger partial charge is 0.128 e. The van der Waals surface area contributed by atoms with Crippen molar-refractivity contribution in [3.63, 3.8) is 0 Å². The molecule has 0 spiro atoms. The Kier molecular flexibility index (Phi) is 3.43. The van der Waals surface area contributed by atoms with E-state index in [2.05, 4.69) is 4.98 Å². The fraction of sp³-hybridized carbons (Fsp3) is 0.267. The summed E-state index contributed by atoms with van der Waals surface area (Å²) in [5, 5.41) is 0. The molecule has 2 aromatic rings. The Balaban J connectivity index is 2.53. The predicted octanol–water partition coefficient (Wildman–Crippen LogP) is 3.19. The summed E-state index contributed by atoms with van der Waals surface area (Å²) in [5.41, 5.74) is 10.4. The van der Waals surface area contributed by atoms with E-state index in [0.717, 1.165) is 22.3 Å². The van der Waals surface area contributed by atoms with Gasteiger partial charge < -0.3 is 5.73 Å². The normalized spacial score (nSPS) is 12.5. The van der Waals surface area contributed by atoms with Gasteiger partial charge in [0.15, 0.2) is 0 Å². The van der Waals surface area contributed by atoms with Crippen molar-refractivity contribution >= 4 is 0 Å². The number of rotatable bonds is 2. The van der Waals surface area contributed by atoms with E-state index in [-0.39, 0.29) is 5.82 Å². The maximum absolute atomic E-state index is 14.1. The van der Waals surface area contributed by atoms with Gasteiger partial charge in [-0.1, -0.05) is 6.07 Å². The molecule has 0 aliphatic rings. The summed E-state index contributed by atoms with van der Waals surface area (Å²) in [4.78, 5) is 4.07. The second kappa shape index (κ2) is 4.86. The van der Waals surface area contributed by atoms with Crippen LogP contribution in [0.25, 0.3) is 0 Å². The van der Waals surface area contributed by atoms with E-state index < -0.39 is 6.04 Å². The van der Waals surface area contributed by atoms with Gasteiger partial charge in [0, 0.05) is 18.0 Å². The first-order valence-corrected chi connectivity index (χ1v) is 5.93. The number of hydrogen-bond acceptors (Lipinski definition) is 2. The molecule has 2 nitrogen and oxygen atoms in total. The summed E-state index contributed by atoms with van der Waals surface area (Å²) in [6, 6.07) is 4.88. The van der Waals surface area contributed by atoms with Crippen LogP contribution >= 0.6 is 0 Å². The topological polar surface area (TPSA) is 38.9 Å². The van der Waals surface area contributed by atoms with E-state index in [1.807, 2.05) is 32.9 Å². The highest BCUT2D eigenvalue weighted by Crippen LogP contribution is 2.27. The molecule has 1 atom stereocenters. The van der Waals surface area contributed by atoms with Crippen LogP contribution in [-0.2, 0) is 0 Å². The first-order chi connectivity index (χ1) is 8.50. The predicted molar refractivity (Wildman–Crippen MR) is 70.9 cm³/mol. The van der Waals surface area contributed by atoms with Crippen molar-refractivity contribution in [2.45, 2.75) is 26.8 Å². The molecule has 0 radical (unpaired) electrons. The van der Waals surface area contributed by atoms with Crippen molar-refractivity contribution in [3.8, 4) is 0 Å². The quantitative estimate of drug-likeness (QED) is 0.881. The lowest BCUT2D eigenvalue weighted by Gasteiger charge is -2.18. The fourth-order valence-electron chi connectivity index (χ4n) is 2.28. The van der Waals surface area contributed by atoms with Crippen LogP contribution in [0, 0.1) is 26.6 Å². The minimum atomic E-state index is -0.473. The average molecular weight is 244 g/mol. The van der Waals surface area contributed by atoms with Crippen molar-refractivity contribution in [2.24, 2.45) is 5.73 Å². The highest BCUT2D eigenvalue weighted by atomic mass is 19.1. The molecule has 94 valence electrons. The van der Waals surface area contributed by atoms with E-state index in [9.17, 15) is 4.39 Å². The summed E-state index contributed by atoms with van der Waals surface area (Å²) in [7, 11) is 0. The summed E-state index contributed by atoms with van der Waals surface area (Å²) in [6.07, 6.45) is 3.42. The molecule has 0 bridgehead atoms. The van der Waals surface area contributed by atoms with E-state index >= 15 is 0 Å². The van der Waals surface area contributed by atoms with E-state index in [1.54, 1.807) is 12.4 Å². The van der Waals surface area contributed by atoms with Crippen LogP contribution in [0.4, 0.5) is 4.39 Å². The molecule has 0 saturated carbocycles. The molecule has 0 aliphatic heterocycles. The number of hydrogen-bond donors (Lipinski definition) is 1. The van der Waals surface area contributed by atoms with Crippen LogP contribution in [0.1, 0.15) is 33.9 Å². The first-order valence-electron chi connectivity index (χ1n) is 5.93. The minimum absolute atomic E-state index is 0.247. The highest BCUT2D eigenvalue weighted by molar-refractivity contribution is 5.41. The fourth-order valence-corrected chi connectivity index (χ4v) is 2.28. The Morgan fingerprint density at radius 3 is 2.50 bits per heavy atom. The summed E-state index contributed by atoms with van der Waals surface area (Å²) < 4.78 is 14.1. The Bertz CT molecular complexity index is 555. The molecule has 1 aromatic carbocycles. The Labute approximate surface area is 107 Å². The lowest BCUT2D eigenvalue weighted by molar-refractivity contribution is 0.595. The number of aryl methyl sites for hydroxylation is 3. The molecule has 1 aromatic heterocycles. The van der Waals surface area contributed by atoms with Gasteiger partial charge in [-0.2, -0.15) is 0 Å². The van der Waals surface area contributed by atoms with Gasteiger partial charge in [-0.3, -0.25) is 4.98 Å². The van der Waals surface area contributed by atoms with E-state index in [4.69, 9.17) is 5.73 Å². The van der Waals surface area contributed by atoms with Gasteiger partial charge >= 0.3 is 0 Å². The maximum atomic E-state index is 14.1. The van der Waals surface area contributed by atoms with Crippen LogP contribution in [-0.4, -0.2) is 4.98 Å². The Morgan fingerprint density at radius 1 is 1.17 bits per heavy atom. The number of aromatic nitrogens is 1. The third-order valence-corrected chi connectivity index (χ3v) is 3.21. The second-order valence-electron chi connectivity index (χ2n) is 4.69. The van der Waals surface area contributed by atoms with Gasteiger partial charge in [0.25, 0.3) is 0 Å². The monoisotopic (exact) mass is 244 g/mol. The van der Waals surface area contributed by atoms with Gasteiger partial charge in [0.1, 0.15) is 5.82 Å². The minimum Gasteiger partial charge on any atom is -0.320 e. The van der Waals surface area contributed by atoms with Crippen molar-refractivity contribution in [2.75, 3.05) is 0 Å². The highest BCUT2D eigenvalue weighted by Gasteiger charge is 2.18. The molecule has 0 aliphatic carbocycles. The van der Waals surface area contributed by atoms with Crippen LogP contribution in [0.15, 0.2) is 30.6 Å². The zero-order chi connectivity index (χ0) is 13.3. The molecule has 2 rings (SSSR count). The van der Waals surface area contributed by atoms with Gasteiger partial charge in [0.2, 0.25) is 0 Å². The standard InChI is InChI=1S/C15H17FN2/c1-9-6-11(3)14(13(16)7-9)15(17)12-8-18-5-4-10(12)2/h4-8,15H,17H2,1-3H3. The van der Waals surface area contributed by atoms with E-state index in [0.29, 0.717) is 5.56 Å². The second-order valence-corrected chi connectivity index (χ2v) is 4.69. The number of nitrogens with zero attached hydrogens (tertiary/aromatic N) is 1. The molecular formula is C15H17FN2. The van der Waals surface area contributed by atoms with Crippen molar-refractivity contribution in [1.29, 1.82) is 0 Å². The SMILES string of the molecule is Cc1cc(C)c(C(N)c2cnccc2C)c(F)c1. The number of pyridine rings is 1. The van der Waals surface area contributed by atoms with E-state index in [1.165, 1.54) is 6.07 Å². The average Bonchev–Trinajstić information content (AvgIpc) is 2.27. The Morgan fingerprint density at radius 2 is 1.89 bits per heavy atom. The number of nitrogens with two attached hydrogens (primary N) is 1. The molecular weight excluding hydrogens is 227 g/mol. The molecule has 3 heteroatoms. The maximum Gasteiger partial charge on any atom is 0.128 e.